The molecule has 0 aromatic heterocycles. The largest absolute Gasteiger partial charge is 0.452 e. The number of amides is 1. The molecule has 7 nitrogen and oxygen atoms in total. The van der Waals surface area contributed by atoms with E-state index in [1.165, 1.54) is 24.3 Å². The maximum absolute atomic E-state index is 12.0. The summed E-state index contributed by atoms with van der Waals surface area (Å²) in [5.41, 5.74) is 1.86. The molecule has 0 aliphatic carbocycles. The quantitative estimate of drug-likeness (QED) is 0.704. The van der Waals surface area contributed by atoms with Gasteiger partial charge in [-0.3, -0.25) is 4.79 Å². The molecule has 2 aromatic rings. The van der Waals surface area contributed by atoms with Gasteiger partial charge in [0, 0.05) is 5.69 Å². The Morgan fingerprint density at radius 1 is 1.04 bits per heavy atom. The van der Waals surface area contributed by atoms with E-state index >= 15 is 0 Å². The first-order valence-corrected chi connectivity index (χ1v) is 9.88. The maximum Gasteiger partial charge on any atom is 0.338 e. The first kappa shape index (κ1) is 20.6. The van der Waals surface area contributed by atoms with Gasteiger partial charge in [-0.2, -0.15) is 0 Å². The predicted molar refractivity (Wildman–Crippen MR) is 102 cm³/mol. The van der Waals surface area contributed by atoms with E-state index in [0.29, 0.717) is 17.2 Å². The normalized spacial score (nSPS) is 11.3. The second kappa shape index (κ2) is 8.79. The lowest BCUT2D eigenvalue weighted by molar-refractivity contribution is -0.119. The van der Waals surface area contributed by atoms with Crippen molar-refractivity contribution < 1.29 is 22.7 Å². The lowest BCUT2D eigenvalue weighted by Gasteiger charge is -2.08. The zero-order valence-electron chi connectivity index (χ0n) is 15.1. The molecule has 3 N–H and O–H groups in total. The second-order valence-corrected chi connectivity index (χ2v) is 8.05. The highest BCUT2D eigenvalue weighted by Crippen LogP contribution is 2.13. The van der Waals surface area contributed by atoms with Crippen molar-refractivity contribution in [3.05, 3.63) is 59.7 Å². The number of hydrogen-bond donors (Lipinski definition) is 2. The van der Waals surface area contributed by atoms with Crippen molar-refractivity contribution in [2.24, 2.45) is 11.1 Å². The molecule has 0 aliphatic heterocycles. The van der Waals surface area contributed by atoms with Crippen molar-refractivity contribution in [2.75, 3.05) is 11.9 Å². The number of ether oxygens (including phenoxy) is 1. The van der Waals surface area contributed by atoms with E-state index in [1.54, 1.807) is 12.1 Å². The zero-order valence-corrected chi connectivity index (χ0v) is 16.0. The molecular formula is C19H22N2O5S. The van der Waals surface area contributed by atoms with Gasteiger partial charge in [0.2, 0.25) is 10.0 Å². The number of sulfonamides is 1. The monoisotopic (exact) mass is 390 g/mol. The van der Waals surface area contributed by atoms with E-state index in [0.717, 1.165) is 12.0 Å². The lowest BCUT2D eigenvalue weighted by Crippen LogP contribution is -2.21. The summed E-state index contributed by atoms with van der Waals surface area (Å²) in [7, 11) is -3.79. The Balaban J connectivity index is 1.86. The lowest BCUT2D eigenvalue weighted by atomic mass is 10.0. The van der Waals surface area contributed by atoms with Crippen LogP contribution in [0.2, 0.25) is 0 Å². The van der Waals surface area contributed by atoms with E-state index in [1.807, 2.05) is 12.1 Å². The number of rotatable bonds is 7. The molecule has 8 heteroatoms. The molecule has 0 bridgehead atoms. The molecule has 0 spiro atoms. The number of carbonyl (C=O) groups is 2. The first-order valence-electron chi connectivity index (χ1n) is 8.34. The zero-order chi connectivity index (χ0) is 20.0. The van der Waals surface area contributed by atoms with E-state index in [-0.39, 0.29) is 4.90 Å². The van der Waals surface area contributed by atoms with Gasteiger partial charge in [-0.15, -0.1) is 0 Å². The fourth-order valence-electron chi connectivity index (χ4n) is 2.39. The van der Waals surface area contributed by atoms with Gasteiger partial charge in [-0.05, 0) is 54.3 Å². The molecule has 2 aromatic carbocycles. The number of hydrogen-bond acceptors (Lipinski definition) is 5. The molecule has 0 saturated carbocycles. The van der Waals surface area contributed by atoms with Crippen molar-refractivity contribution in [2.45, 2.75) is 25.2 Å². The van der Waals surface area contributed by atoms with Crippen molar-refractivity contribution >= 4 is 27.6 Å². The summed E-state index contributed by atoms with van der Waals surface area (Å²) in [5, 5.41) is 7.51. The minimum Gasteiger partial charge on any atom is -0.452 e. The minimum atomic E-state index is -3.79. The average molecular weight is 390 g/mol. The topological polar surface area (TPSA) is 116 Å². The number of benzene rings is 2. The standard InChI is InChI=1S/C19H22N2O5S/c1-13(2)11-14-3-5-15(6-4-14)19(23)26-12-18(22)21-16-7-9-17(10-8-16)27(20,24)25/h3-10,13H,11-12H2,1-2H3,(H,21,22)(H2,20,24,25). The van der Waals surface area contributed by atoms with Crippen LogP contribution in [-0.2, 0) is 26.0 Å². The van der Waals surface area contributed by atoms with Crippen molar-refractivity contribution in [1.82, 2.24) is 0 Å². The molecule has 0 atom stereocenters. The summed E-state index contributed by atoms with van der Waals surface area (Å²) in [6, 6.07) is 12.4. The summed E-state index contributed by atoms with van der Waals surface area (Å²) in [5.74, 6) is -0.612. The third-order valence-electron chi connectivity index (χ3n) is 3.63. The van der Waals surface area contributed by atoms with Crippen molar-refractivity contribution in [3.8, 4) is 0 Å². The van der Waals surface area contributed by atoms with Crippen molar-refractivity contribution in [1.29, 1.82) is 0 Å². The molecular weight excluding hydrogens is 368 g/mol. The summed E-state index contributed by atoms with van der Waals surface area (Å²) in [4.78, 5) is 23.8. The van der Waals surface area contributed by atoms with Crippen LogP contribution in [0.1, 0.15) is 29.8 Å². The van der Waals surface area contributed by atoms with Crippen LogP contribution in [0.25, 0.3) is 0 Å². The summed E-state index contributed by atoms with van der Waals surface area (Å²) in [6.45, 7) is 3.77. The maximum atomic E-state index is 12.0. The minimum absolute atomic E-state index is 0.0622. The van der Waals surface area contributed by atoms with E-state index in [2.05, 4.69) is 19.2 Å². The second-order valence-electron chi connectivity index (χ2n) is 6.49. The van der Waals surface area contributed by atoms with Crippen LogP contribution in [0.5, 0.6) is 0 Å². The number of anilines is 1. The van der Waals surface area contributed by atoms with Gasteiger partial charge in [0.25, 0.3) is 5.91 Å². The van der Waals surface area contributed by atoms with Crippen LogP contribution in [0.15, 0.2) is 53.4 Å². The Hall–Kier alpha value is -2.71. The highest BCUT2D eigenvalue weighted by Gasteiger charge is 2.12. The average Bonchev–Trinajstić information content (AvgIpc) is 2.59. The Kier molecular flexibility index (Phi) is 6.70. The molecule has 27 heavy (non-hydrogen) atoms. The molecule has 0 fully saturated rings. The highest BCUT2D eigenvalue weighted by molar-refractivity contribution is 7.89. The first-order chi connectivity index (χ1) is 12.6. The third-order valence-corrected chi connectivity index (χ3v) is 4.56. The number of primary sulfonamides is 1. The van der Waals surface area contributed by atoms with Gasteiger partial charge in [0.1, 0.15) is 0 Å². The van der Waals surface area contributed by atoms with Crippen LogP contribution in [0.3, 0.4) is 0 Å². The molecule has 0 radical (unpaired) electrons. The van der Waals surface area contributed by atoms with E-state index < -0.39 is 28.5 Å². The van der Waals surface area contributed by atoms with Gasteiger partial charge in [0.15, 0.2) is 6.61 Å². The Bertz CT molecular complexity index is 904. The SMILES string of the molecule is CC(C)Cc1ccc(C(=O)OCC(=O)Nc2ccc(S(N)(=O)=O)cc2)cc1. The fraction of sp³-hybridized carbons (Fsp3) is 0.263. The van der Waals surface area contributed by atoms with E-state index in [4.69, 9.17) is 9.88 Å². The molecule has 2 rings (SSSR count). The highest BCUT2D eigenvalue weighted by atomic mass is 32.2. The fourth-order valence-corrected chi connectivity index (χ4v) is 2.90. The number of nitrogens with two attached hydrogens (primary N) is 1. The summed E-state index contributed by atoms with van der Waals surface area (Å²) in [6.07, 6.45) is 0.919. The van der Waals surface area contributed by atoms with Gasteiger partial charge >= 0.3 is 5.97 Å². The van der Waals surface area contributed by atoms with Crippen LogP contribution in [-0.4, -0.2) is 26.9 Å². The molecule has 0 unspecified atom stereocenters. The molecule has 144 valence electrons. The van der Waals surface area contributed by atoms with Crippen LogP contribution in [0, 0.1) is 5.92 Å². The van der Waals surface area contributed by atoms with Gasteiger partial charge < -0.3 is 10.1 Å². The Labute approximate surface area is 158 Å². The van der Waals surface area contributed by atoms with Gasteiger partial charge in [-0.1, -0.05) is 26.0 Å². The predicted octanol–water partition coefficient (Wildman–Crippen LogP) is 2.33. The van der Waals surface area contributed by atoms with E-state index in [9.17, 15) is 18.0 Å². The number of esters is 1. The van der Waals surface area contributed by atoms with Gasteiger partial charge in [-0.25, -0.2) is 18.4 Å². The third kappa shape index (κ3) is 6.50. The summed E-state index contributed by atoms with van der Waals surface area (Å²) >= 11 is 0. The molecule has 0 heterocycles. The smallest absolute Gasteiger partial charge is 0.338 e. The van der Waals surface area contributed by atoms with Crippen LogP contribution in [0.4, 0.5) is 5.69 Å². The number of nitrogens with one attached hydrogen (secondary N) is 1. The van der Waals surface area contributed by atoms with Crippen molar-refractivity contribution in [3.63, 3.8) is 0 Å². The molecule has 0 aliphatic rings. The molecule has 1 amide bonds. The van der Waals surface area contributed by atoms with Crippen LogP contribution >= 0.6 is 0 Å². The number of carbonyl (C=O) groups excluding carboxylic acids is 2. The van der Waals surface area contributed by atoms with Gasteiger partial charge in [0.05, 0.1) is 10.5 Å². The molecule has 0 saturated heterocycles. The van der Waals surface area contributed by atoms with Crippen LogP contribution < -0.4 is 10.5 Å². The Morgan fingerprint density at radius 3 is 2.15 bits per heavy atom. The Morgan fingerprint density at radius 2 is 1.63 bits per heavy atom. The summed E-state index contributed by atoms with van der Waals surface area (Å²) < 4.78 is 27.4.